The lowest BCUT2D eigenvalue weighted by molar-refractivity contribution is 1.30. The second kappa shape index (κ2) is 3.93. The molecule has 1 aromatic carbocycles. The van der Waals surface area contributed by atoms with Gasteiger partial charge in [-0.2, -0.15) is 5.26 Å². The van der Waals surface area contributed by atoms with Gasteiger partial charge in [0, 0.05) is 18.0 Å². The molecule has 0 bridgehead atoms. The SMILES string of the molecule is Cc1cccc(-c2cncc(C#N)c2)c1. The molecule has 0 aliphatic heterocycles. The van der Waals surface area contributed by atoms with Gasteiger partial charge in [0.15, 0.2) is 0 Å². The summed E-state index contributed by atoms with van der Waals surface area (Å²) in [6.07, 6.45) is 3.34. The van der Waals surface area contributed by atoms with Gasteiger partial charge >= 0.3 is 0 Å². The van der Waals surface area contributed by atoms with Gasteiger partial charge in [0.25, 0.3) is 0 Å². The van der Waals surface area contributed by atoms with E-state index in [4.69, 9.17) is 5.26 Å². The summed E-state index contributed by atoms with van der Waals surface area (Å²) in [5, 5.41) is 8.77. The largest absolute Gasteiger partial charge is 0.263 e. The van der Waals surface area contributed by atoms with Crippen molar-refractivity contribution in [1.82, 2.24) is 4.98 Å². The summed E-state index contributed by atoms with van der Waals surface area (Å²) in [7, 11) is 0. The normalized spacial score (nSPS) is 9.60. The molecule has 2 heteroatoms. The molecule has 0 unspecified atom stereocenters. The van der Waals surface area contributed by atoms with E-state index in [1.165, 1.54) is 5.56 Å². The third-order valence-electron chi connectivity index (χ3n) is 2.22. The Hall–Kier alpha value is -2.14. The van der Waals surface area contributed by atoms with Gasteiger partial charge in [-0.3, -0.25) is 4.98 Å². The van der Waals surface area contributed by atoms with Crippen LogP contribution in [0.1, 0.15) is 11.1 Å². The molecule has 0 N–H and O–H groups in total. The lowest BCUT2D eigenvalue weighted by Gasteiger charge is -2.02. The fourth-order valence-electron chi connectivity index (χ4n) is 1.48. The second-order valence-corrected chi connectivity index (χ2v) is 3.44. The van der Waals surface area contributed by atoms with E-state index in [2.05, 4.69) is 17.1 Å². The topological polar surface area (TPSA) is 36.7 Å². The van der Waals surface area contributed by atoms with E-state index in [0.717, 1.165) is 11.1 Å². The molecule has 2 aromatic rings. The Balaban J connectivity index is 2.50. The molecular formula is C13H10N2. The highest BCUT2D eigenvalue weighted by atomic mass is 14.6. The van der Waals surface area contributed by atoms with Crippen LogP contribution in [0, 0.1) is 18.3 Å². The first kappa shape index (κ1) is 9.42. The molecule has 0 radical (unpaired) electrons. The molecule has 0 aliphatic rings. The molecule has 0 saturated heterocycles. The number of benzene rings is 1. The highest BCUT2D eigenvalue weighted by molar-refractivity contribution is 5.64. The maximum atomic E-state index is 8.77. The number of hydrogen-bond acceptors (Lipinski definition) is 2. The molecule has 72 valence electrons. The van der Waals surface area contributed by atoms with Crippen molar-refractivity contribution in [3.05, 3.63) is 53.9 Å². The molecule has 2 rings (SSSR count). The highest BCUT2D eigenvalue weighted by Gasteiger charge is 1.99. The minimum atomic E-state index is 0.592. The summed E-state index contributed by atoms with van der Waals surface area (Å²) in [6, 6.07) is 12.1. The minimum Gasteiger partial charge on any atom is -0.263 e. The maximum absolute atomic E-state index is 8.77. The number of pyridine rings is 1. The van der Waals surface area contributed by atoms with E-state index in [1.807, 2.05) is 31.2 Å². The zero-order chi connectivity index (χ0) is 10.7. The van der Waals surface area contributed by atoms with Crippen LogP contribution in [0.4, 0.5) is 0 Å². The first-order chi connectivity index (χ1) is 7.29. The van der Waals surface area contributed by atoms with Crippen molar-refractivity contribution >= 4 is 0 Å². The van der Waals surface area contributed by atoms with Gasteiger partial charge < -0.3 is 0 Å². The number of aromatic nitrogens is 1. The highest BCUT2D eigenvalue weighted by Crippen LogP contribution is 2.19. The number of nitriles is 1. The molecule has 0 atom stereocenters. The number of hydrogen-bond donors (Lipinski definition) is 0. The van der Waals surface area contributed by atoms with Gasteiger partial charge in [0.1, 0.15) is 6.07 Å². The number of aryl methyl sites for hydroxylation is 1. The van der Waals surface area contributed by atoms with Crippen LogP contribution in [0.5, 0.6) is 0 Å². The molecule has 15 heavy (non-hydrogen) atoms. The van der Waals surface area contributed by atoms with Gasteiger partial charge in [-0.05, 0) is 18.6 Å². The van der Waals surface area contributed by atoms with E-state index < -0.39 is 0 Å². The smallest absolute Gasteiger partial charge is 0.101 e. The van der Waals surface area contributed by atoms with Gasteiger partial charge in [-0.1, -0.05) is 29.8 Å². The maximum Gasteiger partial charge on any atom is 0.101 e. The third-order valence-corrected chi connectivity index (χ3v) is 2.22. The van der Waals surface area contributed by atoms with Gasteiger partial charge in [-0.25, -0.2) is 0 Å². The van der Waals surface area contributed by atoms with Crippen LogP contribution in [0.2, 0.25) is 0 Å². The monoisotopic (exact) mass is 194 g/mol. The van der Waals surface area contributed by atoms with Crippen LogP contribution in [-0.2, 0) is 0 Å². The molecule has 1 aromatic heterocycles. The lowest BCUT2D eigenvalue weighted by atomic mass is 10.0. The van der Waals surface area contributed by atoms with E-state index in [1.54, 1.807) is 12.4 Å². The molecular weight excluding hydrogens is 184 g/mol. The van der Waals surface area contributed by atoms with Crippen LogP contribution in [0.3, 0.4) is 0 Å². The summed E-state index contributed by atoms with van der Waals surface area (Å²) < 4.78 is 0. The van der Waals surface area contributed by atoms with Crippen LogP contribution in [-0.4, -0.2) is 4.98 Å². The van der Waals surface area contributed by atoms with E-state index in [9.17, 15) is 0 Å². The average Bonchev–Trinajstić information content (AvgIpc) is 2.29. The quantitative estimate of drug-likeness (QED) is 0.699. The summed E-state index contributed by atoms with van der Waals surface area (Å²) in [6.45, 7) is 2.05. The Bertz CT molecular complexity index is 524. The van der Waals surface area contributed by atoms with Crippen LogP contribution >= 0.6 is 0 Å². The predicted molar refractivity (Wildman–Crippen MR) is 59.1 cm³/mol. The zero-order valence-corrected chi connectivity index (χ0v) is 8.44. The fourth-order valence-corrected chi connectivity index (χ4v) is 1.48. The Labute approximate surface area is 88.8 Å². The second-order valence-electron chi connectivity index (χ2n) is 3.44. The lowest BCUT2D eigenvalue weighted by Crippen LogP contribution is -1.83. The van der Waals surface area contributed by atoms with Crippen molar-refractivity contribution in [3.63, 3.8) is 0 Å². The van der Waals surface area contributed by atoms with Crippen molar-refractivity contribution in [2.45, 2.75) is 6.92 Å². The van der Waals surface area contributed by atoms with Gasteiger partial charge in [-0.15, -0.1) is 0 Å². The van der Waals surface area contributed by atoms with Gasteiger partial charge in [0.2, 0.25) is 0 Å². The van der Waals surface area contributed by atoms with Crippen LogP contribution in [0.15, 0.2) is 42.7 Å². The van der Waals surface area contributed by atoms with E-state index in [-0.39, 0.29) is 0 Å². The Morgan fingerprint density at radius 3 is 2.73 bits per heavy atom. The molecule has 1 heterocycles. The molecule has 0 fully saturated rings. The van der Waals surface area contributed by atoms with Crippen molar-refractivity contribution < 1.29 is 0 Å². The minimum absolute atomic E-state index is 0.592. The Morgan fingerprint density at radius 1 is 1.13 bits per heavy atom. The summed E-state index contributed by atoms with van der Waals surface area (Å²) in [4.78, 5) is 4.04. The van der Waals surface area contributed by atoms with Crippen LogP contribution in [0.25, 0.3) is 11.1 Å². The molecule has 0 saturated carbocycles. The fraction of sp³-hybridized carbons (Fsp3) is 0.0769. The number of nitrogens with zero attached hydrogens (tertiary/aromatic N) is 2. The van der Waals surface area contributed by atoms with E-state index in [0.29, 0.717) is 5.56 Å². The van der Waals surface area contributed by atoms with Crippen LogP contribution < -0.4 is 0 Å². The average molecular weight is 194 g/mol. The summed E-state index contributed by atoms with van der Waals surface area (Å²) in [5.41, 5.74) is 3.88. The zero-order valence-electron chi connectivity index (χ0n) is 8.44. The first-order valence-corrected chi connectivity index (χ1v) is 4.72. The Morgan fingerprint density at radius 2 is 2.00 bits per heavy atom. The van der Waals surface area contributed by atoms with Crippen molar-refractivity contribution in [2.75, 3.05) is 0 Å². The standard InChI is InChI=1S/C13H10N2/c1-10-3-2-4-12(5-10)13-6-11(7-14)8-15-9-13/h2-6,8-9H,1H3. The Kier molecular flexibility index (Phi) is 2.47. The molecule has 2 nitrogen and oxygen atoms in total. The number of rotatable bonds is 1. The van der Waals surface area contributed by atoms with Crippen molar-refractivity contribution in [1.29, 1.82) is 5.26 Å². The van der Waals surface area contributed by atoms with E-state index >= 15 is 0 Å². The molecule has 0 spiro atoms. The molecule has 0 amide bonds. The van der Waals surface area contributed by atoms with Crippen molar-refractivity contribution in [3.8, 4) is 17.2 Å². The molecule has 0 aliphatic carbocycles. The first-order valence-electron chi connectivity index (χ1n) is 4.72. The van der Waals surface area contributed by atoms with Gasteiger partial charge in [0.05, 0.1) is 5.56 Å². The summed E-state index contributed by atoms with van der Waals surface area (Å²) in [5.74, 6) is 0. The summed E-state index contributed by atoms with van der Waals surface area (Å²) >= 11 is 0. The van der Waals surface area contributed by atoms with Crippen molar-refractivity contribution in [2.24, 2.45) is 0 Å². The predicted octanol–water partition coefficient (Wildman–Crippen LogP) is 2.93. The third kappa shape index (κ3) is 2.03.